The van der Waals surface area contributed by atoms with Gasteiger partial charge in [0.2, 0.25) is 10.0 Å². The van der Waals surface area contributed by atoms with Crippen LogP contribution in [0.3, 0.4) is 0 Å². The molecule has 2 aromatic carbocycles. The van der Waals surface area contributed by atoms with Gasteiger partial charge >= 0.3 is 0 Å². The summed E-state index contributed by atoms with van der Waals surface area (Å²) in [6.07, 6.45) is 1.68. The second-order valence-corrected chi connectivity index (χ2v) is 8.06. The molecule has 0 aliphatic carbocycles. The molecule has 0 saturated carbocycles. The smallest absolute Gasteiger partial charge is 0.240 e. The number of benzene rings is 2. The third kappa shape index (κ3) is 4.46. The average molecular weight is 422 g/mol. The lowest BCUT2D eigenvalue weighted by Gasteiger charge is -2.12. The number of pyridine rings is 1. The van der Waals surface area contributed by atoms with Crippen LogP contribution in [0.4, 0.5) is 5.69 Å². The molecule has 3 rings (SSSR count). The third-order valence-electron chi connectivity index (χ3n) is 4.10. The van der Waals surface area contributed by atoms with Gasteiger partial charge < -0.3 is 14.8 Å². The molecule has 28 heavy (non-hydrogen) atoms. The number of sulfonamides is 1. The summed E-state index contributed by atoms with van der Waals surface area (Å²) in [6, 6.07) is 11.7. The minimum Gasteiger partial charge on any atom is -0.493 e. The Morgan fingerprint density at radius 1 is 1.00 bits per heavy atom. The van der Waals surface area contributed by atoms with Gasteiger partial charge in [-0.3, -0.25) is 4.98 Å². The van der Waals surface area contributed by atoms with E-state index in [2.05, 4.69) is 15.0 Å². The maximum absolute atomic E-state index is 12.5. The highest BCUT2D eigenvalue weighted by Gasteiger charge is 2.16. The molecule has 2 N–H and O–H groups in total. The molecule has 1 aromatic heterocycles. The highest BCUT2D eigenvalue weighted by molar-refractivity contribution is 7.89. The predicted octanol–water partition coefficient (Wildman–Crippen LogP) is 3.30. The standard InChI is InChI=1S/C19H20ClN3O4S/c1-26-18-6-4-14(12-19(18)27-2)28(24,25)23-10-9-22-16-7-8-21-17-11-13(20)3-5-15(16)17/h3-8,11-12,23H,9-10H2,1-2H3,(H,21,22). The van der Waals surface area contributed by atoms with E-state index in [1.54, 1.807) is 24.4 Å². The summed E-state index contributed by atoms with van der Waals surface area (Å²) in [5.74, 6) is 0.818. The number of hydrogen-bond donors (Lipinski definition) is 2. The van der Waals surface area contributed by atoms with Crippen molar-refractivity contribution < 1.29 is 17.9 Å². The van der Waals surface area contributed by atoms with Gasteiger partial charge in [0, 0.05) is 41.4 Å². The largest absolute Gasteiger partial charge is 0.493 e. The Labute approximate surface area is 168 Å². The number of fused-ring (bicyclic) bond motifs is 1. The van der Waals surface area contributed by atoms with Crippen LogP contribution in [0.25, 0.3) is 10.9 Å². The molecule has 0 amide bonds. The molecule has 0 fully saturated rings. The Morgan fingerprint density at radius 2 is 1.79 bits per heavy atom. The lowest BCUT2D eigenvalue weighted by atomic mass is 10.2. The van der Waals surface area contributed by atoms with E-state index < -0.39 is 10.0 Å². The van der Waals surface area contributed by atoms with E-state index in [-0.39, 0.29) is 11.4 Å². The molecule has 0 aliphatic heterocycles. The Morgan fingerprint density at radius 3 is 2.54 bits per heavy atom. The lowest BCUT2D eigenvalue weighted by molar-refractivity contribution is 0.354. The van der Waals surface area contributed by atoms with Crippen molar-refractivity contribution in [2.75, 3.05) is 32.6 Å². The first-order valence-electron chi connectivity index (χ1n) is 8.44. The van der Waals surface area contributed by atoms with Crippen LogP contribution in [-0.4, -0.2) is 40.7 Å². The number of halogens is 1. The summed E-state index contributed by atoms with van der Waals surface area (Å²) >= 11 is 5.99. The Bertz CT molecular complexity index is 1090. The molecule has 0 spiro atoms. The van der Waals surface area contributed by atoms with Crippen molar-refractivity contribution in [3.05, 3.63) is 53.7 Å². The number of nitrogens with zero attached hydrogens (tertiary/aromatic N) is 1. The molecular weight excluding hydrogens is 402 g/mol. The van der Waals surface area contributed by atoms with Crippen LogP contribution < -0.4 is 19.5 Å². The van der Waals surface area contributed by atoms with Gasteiger partial charge in [0.15, 0.2) is 11.5 Å². The van der Waals surface area contributed by atoms with E-state index in [9.17, 15) is 8.42 Å². The molecule has 0 radical (unpaired) electrons. The first kappa shape index (κ1) is 20.2. The first-order chi connectivity index (χ1) is 13.4. The van der Waals surface area contributed by atoms with Gasteiger partial charge in [-0.25, -0.2) is 13.1 Å². The molecule has 1 heterocycles. The fourth-order valence-corrected chi connectivity index (χ4v) is 3.94. The van der Waals surface area contributed by atoms with Crippen molar-refractivity contribution in [1.29, 1.82) is 0 Å². The Hall–Kier alpha value is -2.55. The van der Waals surface area contributed by atoms with Crippen LogP contribution in [0.2, 0.25) is 5.02 Å². The Kier molecular flexibility index (Phi) is 6.23. The zero-order chi connectivity index (χ0) is 20.1. The average Bonchev–Trinajstić information content (AvgIpc) is 2.70. The second kappa shape index (κ2) is 8.64. The monoisotopic (exact) mass is 421 g/mol. The van der Waals surface area contributed by atoms with Crippen molar-refractivity contribution in [3.8, 4) is 11.5 Å². The summed E-state index contributed by atoms with van der Waals surface area (Å²) in [7, 11) is -0.727. The van der Waals surface area contributed by atoms with Gasteiger partial charge in [0.25, 0.3) is 0 Å². The van der Waals surface area contributed by atoms with Gasteiger partial charge in [-0.15, -0.1) is 0 Å². The molecule has 7 nitrogen and oxygen atoms in total. The predicted molar refractivity (Wildman–Crippen MR) is 110 cm³/mol. The minimum atomic E-state index is -3.68. The number of ether oxygens (including phenoxy) is 2. The third-order valence-corrected chi connectivity index (χ3v) is 5.80. The van der Waals surface area contributed by atoms with Crippen LogP contribution in [0.5, 0.6) is 11.5 Å². The maximum Gasteiger partial charge on any atom is 0.240 e. The van der Waals surface area contributed by atoms with Gasteiger partial charge in [0.1, 0.15) is 0 Å². The quantitative estimate of drug-likeness (QED) is 0.542. The zero-order valence-electron chi connectivity index (χ0n) is 15.4. The minimum absolute atomic E-state index is 0.106. The highest BCUT2D eigenvalue weighted by Crippen LogP contribution is 2.29. The summed E-state index contributed by atoms with van der Waals surface area (Å²) < 4.78 is 37.9. The number of anilines is 1. The van der Waals surface area contributed by atoms with Crippen molar-refractivity contribution in [2.24, 2.45) is 0 Å². The number of aromatic nitrogens is 1. The zero-order valence-corrected chi connectivity index (χ0v) is 17.0. The molecule has 0 saturated heterocycles. The van der Waals surface area contributed by atoms with Gasteiger partial charge in [-0.2, -0.15) is 0 Å². The van der Waals surface area contributed by atoms with E-state index in [1.807, 2.05) is 12.1 Å². The van der Waals surface area contributed by atoms with E-state index in [1.165, 1.54) is 26.4 Å². The van der Waals surface area contributed by atoms with Gasteiger partial charge in [-0.1, -0.05) is 11.6 Å². The number of rotatable bonds is 8. The number of hydrogen-bond acceptors (Lipinski definition) is 6. The van der Waals surface area contributed by atoms with Crippen LogP contribution in [0.15, 0.2) is 53.6 Å². The van der Waals surface area contributed by atoms with E-state index in [0.29, 0.717) is 23.1 Å². The normalized spacial score (nSPS) is 11.4. The van der Waals surface area contributed by atoms with Crippen LogP contribution in [0, 0.1) is 0 Å². The van der Waals surface area contributed by atoms with E-state index in [0.717, 1.165) is 16.6 Å². The molecule has 0 unspecified atom stereocenters. The maximum atomic E-state index is 12.5. The molecule has 0 atom stereocenters. The van der Waals surface area contributed by atoms with Crippen LogP contribution >= 0.6 is 11.6 Å². The van der Waals surface area contributed by atoms with Gasteiger partial charge in [0.05, 0.1) is 24.6 Å². The molecule has 3 aromatic rings. The highest BCUT2D eigenvalue weighted by atomic mass is 35.5. The molecule has 148 valence electrons. The molecule has 0 aliphatic rings. The lowest BCUT2D eigenvalue weighted by Crippen LogP contribution is -2.29. The van der Waals surface area contributed by atoms with E-state index >= 15 is 0 Å². The van der Waals surface area contributed by atoms with Crippen molar-refractivity contribution >= 4 is 38.2 Å². The van der Waals surface area contributed by atoms with Crippen molar-refractivity contribution in [3.63, 3.8) is 0 Å². The fraction of sp³-hybridized carbons (Fsp3) is 0.211. The van der Waals surface area contributed by atoms with Crippen molar-refractivity contribution in [2.45, 2.75) is 4.90 Å². The summed E-state index contributed by atoms with van der Waals surface area (Å²) in [5, 5.41) is 4.74. The summed E-state index contributed by atoms with van der Waals surface area (Å²) in [5.41, 5.74) is 1.62. The fourth-order valence-electron chi connectivity index (χ4n) is 2.72. The summed E-state index contributed by atoms with van der Waals surface area (Å²) in [4.78, 5) is 4.39. The topological polar surface area (TPSA) is 89.6 Å². The molecule has 9 heteroatoms. The van der Waals surface area contributed by atoms with Crippen molar-refractivity contribution in [1.82, 2.24) is 9.71 Å². The molecular formula is C19H20ClN3O4S. The van der Waals surface area contributed by atoms with Gasteiger partial charge in [-0.05, 0) is 36.4 Å². The SMILES string of the molecule is COc1ccc(S(=O)(=O)NCCNc2ccnc3cc(Cl)ccc23)cc1OC. The van der Waals surface area contributed by atoms with Crippen LogP contribution in [0.1, 0.15) is 0 Å². The second-order valence-electron chi connectivity index (χ2n) is 5.86. The Balaban J connectivity index is 1.65. The van der Waals surface area contributed by atoms with E-state index in [4.69, 9.17) is 21.1 Å². The molecule has 0 bridgehead atoms. The first-order valence-corrected chi connectivity index (χ1v) is 10.3. The number of methoxy groups -OCH3 is 2. The number of nitrogens with one attached hydrogen (secondary N) is 2. The summed E-state index contributed by atoms with van der Waals surface area (Å²) in [6.45, 7) is 0.600. The van der Waals surface area contributed by atoms with Crippen LogP contribution in [-0.2, 0) is 10.0 Å².